The molecule has 1 aliphatic heterocycles. The number of fused-ring (bicyclic) bond motifs is 1. The van der Waals surface area contributed by atoms with Crippen LogP contribution in [0.3, 0.4) is 0 Å². The molecule has 0 fully saturated rings. The smallest absolute Gasteiger partial charge is 0.0372 e. The third-order valence-corrected chi connectivity index (χ3v) is 2.95. The molecule has 1 aromatic rings. The van der Waals surface area contributed by atoms with Crippen LogP contribution in [0.2, 0.25) is 0 Å². The first kappa shape index (κ1) is 8.89. The number of hydrogen-bond acceptors (Lipinski definition) is 1. The van der Waals surface area contributed by atoms with Crippen LogP contribution in [0.5, 0.6) is 0 Å². The van der Waals surface area contributed by atoms with E-state index in [1.165, 1.54) is 11.3 Å². The van der Waals surface area contributed by atoms with Crippen molar-refractivity contribution < 1.29 is 0 Å². The molecule has 2 heteroatoms. The van der Waals surface area contributed by atoms with Crippen LogP contribution in [0.4, 0.5) is 5.69 Å². The standard InChI is InChI=1S/C11H14ClN/c12-10-6-5-9-3-1-2-4-11(9)13-8-7-10/h1-4,10,13H,5-8H2/t10-/m0/s1. The van der Waals surface area contributed by atoms with Crippen LogP contribution in [0.15, 0.2) is 24.3 Å². The molecule has 0 radical (unpaired) electrons. The van der Waals surface area contributed by atoms with E-state index < -0.39 is 0 Å². The number of alkyl halides is 1. The summed E-state index contributed by atoms with van der Waals surface area (Å²) in [5, 5.41) is 3.75. The van der Waals surface area contributed by atoms with E-state index in [2.05, 4.69) is 29.6 Å². The third kappa shape index (κ3) is 2.16. The van der Waals surface area contributed by atoms with E-state index >= 15 is 0 Å². The number of hydrogen-bond donors (Lipinski definition) is 1. The van der Waals surface area contributed by atoms with E-state index in [9.17, 15) is 0 Å². The van der Waals surface area contributed by atoms with E-state index in [-0.39, 0.29) is 0 Å². The zero-order chi connectivity index (χ0) is 9.10. The van der Waals surface area contributed by atoms with Gasteiger partial charge in [-0.05, 0) is 30.9 Å². The molecule has 0 saturated heterocycles. The Morgan fingerprint density at radius 2 is 2.08 bits per heavy atom. The molecule has 0 unspecified atom stereocenters. The van der Waals surface area contributed by atoms with Crippen molar-refractivity contribution in [1.29, 1.82) is 0 Å². The molecule has 2 rings (SSSR count). The van der Waals surface area contributed by atoms with Crippen LogP contribution in [-0.4, -0.2) is 11.9 Å². The van der Waals surface area contributed by atoms with Gasteiger partial charge in [-0.3, -0.25) is 0 Å². The first-order valence-corrected chi connectivity index (χ1v) is 5.26. The summed E-state index contributed by atoms with van der Waals surface area (Å²) in [5.74, 6) is 0. The molecule has 1 aliphatic rings. The van der Waals surface area contributed by atoms with Crippen molar-refractivity contribution in [2.45, 2.75) is 24.6 Å². The van der Waals surface area contributed by atoms with E-state index in [1.807, 2.05) is 0 Å². The highest BCUT2D eigenvalue weighted by Gasteiger charge is 2.10. The van der Waals surface area contributed by atoms with Gasteiger partial charge in [0, 0.05) is 17.6 Å². The Morgan fingerprint density at radius 3 is 3.00 bits per heavy atom. The number of para-hydroxylation sites is 1. The van der Waals surface area contributed by atoms with Crippen molar-refractivity contribution >= 4 is 17.3 Å². The van der Waals surface area contributed by atoms with Crippen molar-refractivity contribution in [3.8, 4) is 0 Å². The molecule has 0 saturated carbocycles. The van der Waals surface area contributed by atoms with Gasteiger partial charge in [0.25, 0.3) is 0 Å². The normalized spacial score (nSPS) is 22.4. The minimum absolute atomic E-state index is 0.334. The maximum atomic E-state index is 6.12. The zero-order valence-corrected chi connectivity index (χ0v) is 8.35. The largest absolute Gasteiger partial charge is 0.385 e. The predicted molar refractivity (Wildman–Crippen MR) is 57.5 cm³/mol. The summed E-state index contributed by atoms with van der Waals surface area (Å²) < 4.78 is 0. The number of rotatable bonds is 0. The fourth-order valence-electron chi connectivity index (χ4n) is 1.73. The summed E-state index contributed by atoms with van der Waals surface area (Å²) in [4.78, 5) is 0. The first-order chi connectivity index (χ1) is 6.36. The molecule has 1 nitrogen and oxygen atoms in total. The van der Waals surface area contributed by atoms with E-state index in [1.54, 1.807) is 0 Å². The summed E-state index contributed by atoms with van der Waals surface area (Å²) in [5.41, 5.74) is 2.68. The lowest BCUT2D eigenvalue weighted by Gasteiger charge is -2.18. The summed E-state index contributed by atoms with van der Waals surface area (Å²) in [6.45, 7) is 0.991. The second-order valence-electron chi connectivity index (χ2n) is 3.51. The lowest BCUT2D eigenvalue weighted by atomic mass is 10.0. The average Bonchev–Trinajstić information content (AvgIpc) is 2.13. The Balaban J connectivity index is 2.20. The molecule has 1 N–H and O–H groups in total. The zero-order valence-electron chi connectivity index (χ0n) is 7.59. The summed E-state index contributed by atoms with van der Waals surface area (Å²) in [7, 11) is 0. The van der Waals surface area contributed by atoms with Crippen molar-refractivity contribution in [3.05, 3.63) is 29.8 Å². The third-order valence-electron chi connectivity index (χ3n) is 2.52. The number of aryl methyl sites for hydroxylation is 1. The van der Waals surface area contributed by atoms with Crippen LogP contribution < -0.4 is 5.32 Å². The van der Waals surface area contributed by atoms with E-state index in [4.69, 9.17) is 11.6 Å². The maximum Gasteiger partial charge on any atom is 0.0372 e. The van der Waals surface area contributed by atoms with Crippen molar-refractivity contribution in [2.24, 2.45) is 0 Å². The highest BCUT2D eigenvalue weighted by molar-refractivity contribution is 6.20. The van der Waals surface area contributed by atoms with Gasteiger partial charge in [0.05, 0.1) is 0 Å². The van der Waals surface area contributed by atoms with Gasteiger partial charge in [-0.1, -0.05) is 18.2 Å². The van der Waals surface area contributed by atoms with Crippen LogP contribution >= 0.6 is 11.6 Å². The van der Waals surface area contributed by atoms with Gasteiger partial charge in [-0.25, -0.2) is 0 Å². The molecule has 1 heterocycles. The van der Waals surface area contributed by atoms with Gasteiger partial charge >= 0.3 is 0 Å². The van der Waals surface area contributed by atoms with Gasteiger partial charge in [-0.15, -0.1) is 11.6 Å². The second-order valence-corrected chi connectivity index (χ2v) is 4.13. The quantitative estimate of drug-likeness (QED) is 0.628. The van der Waals surface area contributed by atoms with Crippen LogP contribution in [0.25, 0.3) is 0 Å². The van der Waals surface area contributed by atoms with Gasteiger partial charge in [0.2, 0.25) is 0 Å². The van der Waals surface area contributed by atoms with Gasteiger partial charge in [0.1, 0.15) is 0 Å². The van der Waals surface area contributed by atoms with Gasteiger partial charge in [0.15, 0.2) is 0 Å². The molecular weight excluding hydrogens is 182 g/mol. The Kier molecular flexibility index (Phi) is 2.74. The van der Waals surface area contributed by atoms with Gasteiger partial charge < -0.3 is 5.32 Å². The number of benzene rings is 1. The summed E-state index contributed by atoms with van der Waals surface area (Å²) >= 11 is 6.12. The molecule has 0 spiro atoms. The molecule has 0 bridgehead atoms. The molecule has 0 amide bonds. The Hall–Kier alpha value is -0.690. The maximum absolute atomic E-state index is 6.12. The fraction of sp³-hybridized carbons (Fsp3) is 0.455. The van der Waals surface area contributed by atoms with Crippen LogP contribution in [0.1, 0.15) is 18.4 Å². The van der Waals surface area contributed by atoms with Crippen molar-refractivity contribution in [2.75, 3.05) is 11.9 Å². The van der Waals surface area contributed by atoms with E-state index in [0.29, 0.717) is 5.38 Å². The molecule has 1 atom stereocenters. The second kappa shape index (κ2) is 4.01. The topological polar surface area (TPSA) is 12.0 Å². The Morgan fingerprint density at radius 1 is 1.23 bits per heavy atom. The fourth-order valence-corrected chi connectivity index (χ4v) is 1.95. The molecule has 1 aromatic carbocycles. The summed E-state index contributed by atoms with van der Waals surface area (Å²) in [6.07, 6.45) is 3.26. The highest BCUT2D eigenvalue weighted by Crippen LogP contribution is 2.22. The van der Waals surface area contributed by atoms with Gasteiger partial charge in [-0.2, -0.15) is 0 Å². The Labute approximate surface area is 84.1 Å². The number of halogens is 1. The summed E-state index contributed by atoms with van der Waals surface area (Å²) in [6, 6.07) is 8.48. The Bertz CT molecular complexity index is 285. The average molecular weight is 196 g/mol. The minimum atomic E-state index is 0.334. The van der Waals surface area contributed by atoms with Crippen LogP contribution in [0, 0.1) is 0 Å². The number of nitrogens with one attached hydrogen (secondary N) is 1. The lowest BCUT2D eigenvalue weighted by Crippen LogP contribution is -2.14. The van der Waals surface area contributed by atoms with Crippen LogP contribution in [-0.2, 0) is 6.42 Å². The predicted octanol–water partition coefficient (Wildman–Crippen LogP) is 3.04. The molecular formula is C11H14ClN. The molecule has 0 aliphatic carbocycles. The molecule has 13 heavy (non-hydrogen) atoms. The highest BCUT2D eigenvalue weighted by atomic mass is 35.5. The van der Waals surface area contributed by atoms with Crippen molar-refractivity contribution in [3.63, 3.8) is 0 Å². The lowest BCUT2D eigenvalue weighted by molar-refractivity contribution is 0.695. The van der Waals surface area contributed by atoms with E-state index in [0.717, 1.165) is 25.8 Å². The molecule has 0 aromatic heterocycles. The SMILES string of the molecule is Cl[C@@H]1CCNc2ccccc2CC1. The number of anilines is 1. The monoisotopic (exact) mass is 195 g/mol. The first-order valence-electron chi connectivity index (χ1n) is 4.82. The van der Waals surface area contributed by atoms with Crippen molar-refractivity contribution in [1.82, 2.24) is 0 Å². The molecule has 70 valence electrons. The minimum Gasteiger partial charge on any atom is -0.385 e.